The van der Waals surface area contributed by atoms with Gasteiger partial charge in [-0.05, 0) is 62.0 Å². The molecule has 2 N–H and O–H groups in total. The van der Waals surface area contributed by atoms with Gasteiger partial charge in [-0.15, -0.1) is 0 Å². The Morgan fingerprint density at radius 3 is 2.58 bits per heavy atom. The zero-order valence-corrected chi connectivity index (χ0v) is 23.2. The van der Waals surface area contributed by atoms with Crippen molar-refractivity contribution < 1.29 is 4.79 Å². The van der Waals surface area contributed by atoms with Crippen molar-refractivity contribution >= 4 is 16.9 Å². The van der Waals surface area contributed by atoms with Crippen LogP contribution in [0.15, 0.2) is 91.4 Å². The zero-order chi connectivity index (χ0) is 27.9. The molecular weight excluding hydrogens is 498 g/mol. The number of benzene rings is 2. The number of nitrogens with one attached hydrogen (secondary N) is 2. The molecule has 5 rings (SSSR count). The normalized spacial score (nSPS) is 12.1. The van der Waals surface area contributed by atoms with Crippen LogP contribution in [0.4, 0.5) is 0 Å². The van der Waals surface area contributed by atoms with E-state index in [0.717, 1.165) is 47.4 Å². The van der Waals surface area contributed by atoms with Crippen molar-refractivity contribution in [2.75, 3.05) is 27.2 Å². The fraction of sp³-hybridized carbons (Fsp3) is 0.250. The Morgan fingerprint density at radius 1 is 1.00 bits per heavy atom. The van der Waals surface area contributed by atoms with Gasteiger partial charge in [0.25, 0.3) is 5.91 Å². The van der Waals surface area contributed by atoms with E-state index in [1.165, 1.54) is 5.56 Å². The highest BCUT2D eigenvalue weighted by Crippen LogP contribution is 2.26. The van der Waals surface area contributed by atoms with E-state index in [1.807, 2.05) is 85.5 Å². The first kappa shape index (κ1) is 27.2. The first-order valence-corrected chi connectivity index (χ1v) is 13.6. The molecule has 0 bridgehead atoms. The van der Waals surface area contributed by atoms with Gasteiger partial charge in [0.05, 0.1) is 29.2 Å². The van der Waals surface area contributed by atoms with Crippen LogP contribution in [-0.2, 0) is 13.1 Å². The van der Waals surface area contributed by atoms with Crippen LogP contribution in [0.3, 0.4) is 0 Å². The molecule has 5 aromatic rings. The number of nitrogens with zero attached hydrogens (tertiary/aromatic N) is 5. The molecule has 204 valence electrons. The molecule has 1 atom stereocenters. The zero-order valence-electron chi connectivity index (χ0n) is 23.2. The molecule has 0 radical (unpaired) electrons. The van der Waals surface area contributed by atoms with E-state index in [0.29, 0.717) is 17.8 Å². The predicted octanol–water partition coefficient (Wildman–Crippen LogP) is 4.68. The number of hydrogen-bond acceptors (Lipinski definition) is 6. The van der Waals surface area contributed by atoms with E-state index in [1.54, 1.807) is 12.4 Å². The van der Waals surface area contributed by atoms with E-state index < -0.39 is 0 Å². The maximum Gasteiger partial charge on any atom is 0.252 e. The molecule has 3 aromatic heterocycles. The van der Waals surface area contributed by atoms with Crippen LogP contribution in [0.1, 0.15) is 40.0 Å². The number of carbonyl (C=O) groups is 1. The average molecular weight is 534 g/mol. The second-order valence-electron chi connectivity index (χ2n) is 10.1. The van der Waals surface area contributed by atoms with Crippen LogP contribution in [0.2, 0.25) is 0 Å². The largest absolute Gasteiger partial charge is 0.345 e. The van der Waals surface area contributed by atoms with Gasteiger partial charge in [0, 0.05) is 43.8 Å². The Morgan fingerprint density at radius 2 is 1.80 bits per heavy atom. The average Bonchev–Trinajstić information content (AvgIpc) is 3.38. The molecule has 0 fully saturated rings. The van der Waals surface area contributed by atoms with Gasteiger partial charge < -0.3 is 15.5 Å². The quantitative estimate of drug-likeness (QED) is 0.256. The minimum absolute atomic E-state index is 0.149. The summed E-state index contributed by atoms with van der Waals surface area (Å²) in [5.74, 6) is -0.156. The summed E-state index contributed by atoms with van der Waals surface area (Å²) in [6.07, 6.45) is 5.44. The van der Waals surface area contributed by atoms with Crippen LogP contribution in [0.5, 0.6) is 0 Å². The molecule has 3 heterocycles. The molecule has 8 heteroatoms. The van der Waals surface area contributed by atoms with Crippen LogP contribution >= 0.6 is 0 Å². The summed E-state index contributed by atoms with van der Waals surface area (Å²) < 4.78 is 1.83. The third-order valence-corrected chi connectivity index (χ3v) is 6.94. The number of likely N-dealkylation sites (N-methyl/N-ethyl adjacent to an activating group) is 2. The van der Waals surface area contributed by atoms with Crippen LogP contribution in [0.25, 0.3) is 22.3 Å². The van der Waals surface area contributed by atoms with Crippen molar-refractivity contribution in [1.82, 2.24) is 35.3 Å². The van der Waals surface area contributed by atoms with Crippen molar-refractivity contribution in [2.24, 2.45) is 0 Å². The number of fused-ring (bicyclic) bond motifs is 1. The molecular formula is C32H35N7O. The summed E-state index contributed by atoms with van der Waals surface area (Å²) in [6, 6.07) is 24.0. The Hall–Kier alpha value is -4.40. The lowest BCUT2D eigenvalue weighted by atomic mass is 10.0. The van der Waals surface area contributed by atoms with E-state index in [2.05, 4.69) is 39.7 Å². The molecule has 0 unspecified atom stereocenters. The van der Waals surface area contributed by atoms with Crippen molar-refractivity contribution in [2.45, 2.75) is 26.1 Å². The highest BCUT2D eigenvalue weighted by atomic mass is 16.1. The Kier molecular flexibility index (Phi) is 8.59. The summed E-state index contributed by atoms with van der Waals surface area (Å²) in [5, 5.41) is 11.9. The van der Waals surface area contributed by atoms with Crippen LogP contribution in [-0.4, -0.2) is 57.7 Å². The number of hydrogen-bond donors (Lipinski definition) is 2. The standard InChI is InChI=1S/C32H35N7O/c1-23(26-9-5-4-6-10-26)35-32(40)28-19-30(27-11-7-8-25(18-27)20-38(3)17-16-33-2)36-31-29(28)22-39(37-31)21-24-12-14-34-15-13-24/h4-15,18-19,22-23,33H,16-17,20-21H2,1-3H3,(H,35,40)/t23-/m0/s1. The van der Waals surface area contributed by atoms with Gasteiger partial charge in [-0.2, -0.15) is 5.10 Å². The fourth-order valence-electron chi connectivity index (χ4n) is 4.76. The fourth-order valence-corrected chi connectivity index (χ4v) is 4.76. The van der Waals surface area contributed by atoms with Gasteiger partial charge in [-0.25, -0.2) is 4.98 Å². The summed E-state index contributed by atoms with van der Waals surface area (Å²) in [4.78, 5) is 25.0. The maximum absolute atomic E-state index is 13.7. The second kappa shape index (κ2) is 12.6. The summed E-state index contributed by atoms with van der Waals surface area (Å²) in [6.45, 7) is 5.25. The molecule has 40 heavy (non-hydrogen) atoms. The third-order valence-electron chi connectivity index (χ3n) is 6.94. The number of carbonyl (C=O) groups excluding carboxylic acids is 1. The lowest BCUT2D eigenvalue weighted by Crippen LogP contribution is -2.27. The number of rotatable bonds is 11. The first-order chi connectivity index (χ1) is 19.5. The van der Waals surface area contributed by atoms with Gasteiger partial charge in [0.1, 0.15) is 0 Å². The topological polar surface area (TPSA) is 88.0 Å². The van der Waals surface area contributed by atoms with Gasteiger partial charge in [-0.3, -0.25) is 14.5 Å². The summed E-state index contributed by atoms with van der Waals surface area (Å²) >= 11 is 0. The second-order valence-corrected chi connectivity index (χ2v) is 10.1. The number of aromatic nitrogens is 4. The van der Waals surface area contributed by atoms with Crippen molar-refractivity contribution in [3.8, 4) is 11.3 Å². The lowest BCUT2D eigenvalue weighted by Gasteiger charge is -2.17. The van der Waals surface area contributed by atoms with Gasteiger partial charge >= 0.3 is 0 Å². The molecule has 0 saturated carbocycles. The Labute approximate surface area is 235 Å². The number of pyridine rings is 2. The van der Waals surface area contributed by atoms with E-state index in [-0.39, 0.29) is 11.9 Å². The molecule has 0 aliphatic heterocycles. The molecule has 0 aliphatic rings. The van der Waals surface area contributed by atoms with E-state index in [9.17, 15) is 4.79 Å². The SMILES string of the molecule is CNCCN(C)Cc1cccc(-c2cc(C(=O)N[C@@H](C)c3ccccc3)c3cn(Cc4ccncc4)nc3n2)c1. The minimum Gasteiger partial charge on any atom is -0.345 e. The Bertz CT molecular complexity index is 1570. The molecule has 0 saturated heterocycles. The molecule has 8 nitrogen and oxygen atoms in total. The monoisotopic (exact) mass is 533 g/mol. The smallest absolute Gasteiger partial charge is 0.252 e. The van der Waals surface area contributed by atoms with Gasteiger partial charge in [-0.1, -0.05) is 48.5 Å². The number of amides is 1. The van der Waals surface area contributed by atoms with E-state index >= 15 is 0 Å². The van der Waals surface area contributed by atoms with Crippen molar-refractivity contribution in [3.63, 3.8) is 0 Å². The highest BCUT2D eigenvalue weighted by molar-refractivity contribution is 6.06. The Balaban J connectivity index is 1.50. The maximum atomic E-state index is 13.7. The van der Waals surface area contributed by atoms with Crippen molar-refractivity contribution in [3.05, 3.63) is 114 Å². The molecule has 0 spiro atoms. The molecule has 1 amide bonds. The summed E-state index contributed by atoms with van der Waals surface area (Å²) in [5.41, 5.74) is 6.08. The third kappa shape index (κ3) is 6.59. The van der Waals surface area contributed by atoms with Gasteiger partial charge in [0.2, 0.25) is 0 Å². The first-order valence-electron chi connectivity index (χ1n) is 13.6. The van der Waals surface area contributed by atoms with Crippen LogP contribution in [0, 0.1) is 0 Å². The van der Waals surface area contributed by atoms with Crippen LogP contribution < -0.4 is 10.6 Å². The van der Waals surface area contributed by atoms with E-state index in [4.69, 9.17) is 10.1 Å². The lowest BCUT2D eigenvalue weighted by molar-refractivity contribution is 0.0941. The molecule has 2 aromatic carbocycles. The summed E-state index contributed by atoms with van der Waals surface area (Å²) in [7, 11) is 4.07. The minimum atomic E-state index is -0.156. The predicted molar refractivity (Wildman–Crippen MR) is 159 cm³/mol. The van der Waals surface area contributed by atoms with Gasteiger partial charge in [0.15, 0.2) is 5.65 Å². The van der Waals surface area contributed by atoms with Crippen molar-refractivity contribution in [1.29, 1.82) is 0 Å². The molecule has 0 aliphatic carbocycles. The highest BCUT2D eigenvalue weighted by Gasteiger charge is 2.19.